The summed E-state index contributed by atoms with van der Waals surface area (Å²) >= 11 is 3.53. The Kier molecular flexibility index (Phi) is 5.85. The van der Waals surface area contributed by atoms with Gasteiger partial charge in [0.25, 0.3) is 0 Å². The second-order valence-electron chi connectivity index (χ2n) is 4.07. The molecule has 16 heavy (non-hydrogen) atoms. The van der Waals surface area contributed by atoms with Gasteiger partial charge in [0.1, 0.15) is 5.75 Å². The first kappa shape index (κ1) is 13.5. The molecule has 0 bridgehead atoms. The molecule has 2 nitrogen and oxygen atoms in total. The van der Waals surface area contributed by atoms with Gasteiger partial charge in [-0.05, 0) is 48.8 Å². The minimum atomic E-state index is 0.198. The van der Waals surface area contributed by atoms with Crippen molar-refractivity contribution in [2.45, 2.75) is 39.8 Å². The van der Waals surface area contributed by atoms with Crippen molar-refractivity contribution in [3.05, 3.63) is 28.2 Å². The second-order valence-corrected chi connectivity index (χ2v) is 4.93. The van der Waals surface area contributed by atoms with Crippen molar-refractivity contribution in [3.8, 4) is 5.75 Å². The van der Waals surface area contributed by atoms with E-state index in [-0.39, 0.29) is 6.10 Å². The second kappa shape index (κ2) is 6.92. The van der Waals surface area contributed by atoms with Crippen LogP contribution in [0, 0.1) is 0 Å². The predicted molar refractivity (Wildman–Crippen MR) is 71.9 cm³/mol. The summed E-state index contributed by atoms with van der Waals surface area (Å²) < 4.78 is 6.84. The number of rotatable bonds is 6. The maximum atomic E-state index is 5.82. The molecule has 0 aliphatic rings. The Morgan fingerprint density at radius 2 is 2.12 bits per heavy atom. The number of halogens is 1. The highest BCUT2D eigenvalue weighted by atomic mass is 79.9. The Labute approximate surface area is 107 Å². The lowest BCUT2D eigenvalue weighted by molar-refractivity contribution is 0.238. The summed E-state index contributed by atoms with van der Waals surface area (Å²) in [5, 5.41) is 3.39. The molecule has 1 aromatic carbocycles. The summed E-state index contributed by atoms with van der Waals surface area (Å²) in [7, 11) is 0. The molecule has 1 N–H and O–H groups in total. The summed E-state index contributed by atoms with van der Waals surface area (Å²) in [6, 6.07) is 6.16. The van der Waals surface area contributed by atoms with Gasteiger partial charge in [0.05, 0.1) is 10.6 Å². The Hall–Kier alpha value is -0.540. The van der Waals surface area contributed by atoms with Gasteiger partial charge in [-0.3, -0.25) is 0 Å². The summed E-state index contributed by atoms with van der Waals surface area (Å²) in [6.07, 6.45) is 1.34. The smallest absolute Gasteiger partial charge is 0.138 e. The molecule has 3 heteroatoms. The average Bonchev–Trinajstić information content (AvgIpc) is 2.23. The molecular formula is C13H20BrNO. The van der Waals surface area contributed by atoms with E-state index in [4.69, 9.17) is 4.74 Å². The third-order valence-electron chi connectivity index (χ3n) is 2.14. The maximum Gasteiger partial charge on any atom is 0.138 e. The lowest BCUT2D eigenvalue weighted by atomic mass is 10.2. The lowest BCUT2D eigenvalue weighted by Crippen LogP contribution is -2.16. The van der Waals surface area contributed by atoms with Crippen molar-refractivity contribution in [3.63, 3.8) is 0 Å². The van der Waals surface area contributed by atoms with Gasteiger partial charge in [0, 0.05) is 12.1 Å². The molecule has 0 saturated heterocycles. The average molecular weight is 286 g/mol. The van der Waals surface area contributed by atoms with Crippen LogP contribution in [0.15, 0.2) is 22.7 Å². The highest BCUT2D eigenvalue weighted by Gasteiger charge is 2.09. The van der Waals surface area contributed by atoms with Gasteiger partial charge >= 0.3 is 0 Å². The van der Waals surface area contributed by atoms with Crippen molar-refractivity contribution in [2.24, 2.45) is 0 Å². The van der Waals surface area contributed by atoms with E-state index in [9.17, 15) is 0 Å². The molecular weight excluding hydrogens is 266 g/mol. The number of hydrogen-bond acceptors (Lipinski definition) is 2. The van der Waals surface area contributed by atoms with Gasteiger partial charge in [-0.15, -0.1) is 0 Å². The zero-order valence-electron chi connectivity index (χ0n) is 10.2. The molecule has 90 valence electrons. The summed E-state index contributed by atoms with van der Waals surface area (Å²) in [5.74, 6) is 0.959. The quantitative estimate of drug-likeness (QED) is 0.804. The topological polar surface area (TPSA) is 21.3 Å². The summed E-state index contributed by atoms with van der Waals surface area (Å²) in [4.78, 5) is 0. The molecule has 0 saturated carbocycles. The molecule has 1 aromatic rings. The van der Waals surface area contributed by atoms with Crippen LogP contribution in [0.25, 0.3) is 0 Å². The molecule has 0 radical (unpaired) electrons. The van der Waals surface area contributed by atoms with E-state index in [1.54, 1.807) is 0 Å². The largest absolute Gasteiger partial charge is 0.489 e. The fourth-order valence-corrected chi connectivity index (χ4v) is 1.96. The van der Waals surface area contributed by atoms with E-state index in [2.05, 4.69) is 34.2 Å². The minimum Gasteiger partial charge on any atom is -0.489 e. The molecule has 0 amide bonds. The van der Waals surface area contributed by atoms with E-state index in [0.717, 1.165) is 29.7 Å². The maximum absolute atomic E-state index is 5.82. The normalized spacial score (nSPS) is 10.8. The zero-order valence-corrected chi connectivity index (χ0v) is 11.8. The molecule has 0 atom stereocenters. The Morgan fingerprint density at radius 1 is 1.38 bits per heavy atom. The van der Waals surface area contributed by atoms with Crippen molar-refractivity contribution < 1.29 is 4.74 Å². The minimum absolute atomic E-state index is 0.198. The van der Waals surface area contributed by atoms with Gasteiger partial charge in [0.15, 0.2) is 0 Å². The Balaban J connectivity index is 2.76. The molecule has 0 spiro atoms. The van der Waals surface area contributed by atoms with Crippen molar-refractivity contribution in [2.75, 3.05) is 6.54 Å². The first-order valence-electron chi connectivity index (χ1n) is 5.80. The van der Waals surface area contributed by atoms with Crippen LogP contribution >= 0.6 is 15.9 Å². The standard InChI is InChI=1S/C13H20BrNO/c1-4-8-15-9-11-6-5-7-12(14)13(11)16-10(2)3/h5-7,10,15H,4,8-9H2,1-3H3. The first-order chi connectivity index (χ1) is 7.65. The summed E-state index contributed by atoms with van der Waals surface area (Å²) in [5.41, 5.74) is 1.21. The van der Waals surface area contributed by atoms with E-state index >= 15 is 0 Å². The third kappa shape index (κ3) is 4.14. The number of para-hydroxylation sites is 1. The fraction of sp³-hybridized carbons (Fsp3) is 0.538. The van der Waals surface area contributed by atoms with Crippen LogP contribution in [0.5, 0.6) is 5.75 Å². The molecule has 0 aliphatic heterocycles. The van der Waals surface area contributed by atoms with Crippen LogP contribution in [0.2, 0.25) is 0 Å². The molecule has 0 aromatic heterocycles. The highest BCUT2D eigenvalue weighted by Crippen LogP contribution is 2.29. The number of benzene rings is 1. The molecule has 0 aliphatic carbocycles. The number of ether oxygens (including phenoxy) is 1. The van der Waals surface area contributed by atoms with Gasteiger partial charge in [0.2, 0.25) is 0 Å². The van der Waals surface area contributed by atoms with Gasteiger partial charge < -0.3 is 10.1 Å². The van der Waals surface area contributed by atoms with E-state index in [1.807, 2.05) is 26.0 Å². The first-order valence-corrected chi connectivity index (χ1v) is 6.59. The van der Waals surface area contributed by atoms with Gasteiger partial charge in [-0.2, -0.15) is 0 Å². The van der Waals surface area contributed by atoms with Crippen molar-refractivity contribution in [1.82, 2.24) is 5.32 Å². The molecule has 0 fully saturated rings. The predicted octanol–water partition coefficient (Wildman–Crippen LogP) is 3.74. The number of nitrogens with one attached hydrogen (secondary N) is 1. The van der Waals surface area contributed by atoms with Crippen LogP contribution in [0.1, 0.15) is 32.8 Å². The van der Waals surface area contributed by atoms with Crippen LogP contribution in [-0.4, -0.2) is 12.6 Å². The molecule has 0 unspecified atom stereocenters. The third-order valence-corrected chi connectivity index (χ3v) is 2.77. The summed E-state index contributed by atoms with van der Waals surface area (Å²) in [6.45, 7) is 8.15. The Bertz CT molecular complexity index is 326. The molecule has 0 heterocycles. The van der Waals surface area contributed by atoms with E-state index < -0.39 is 0 Å². The SMILES string of the molecule is CCCNCc1cccc(Br)c1OC(C)C. The van der Waals surface area contributed by atoms with E-state index in [1.165, 1.54) is 5.56 Å². The van der Waals surface area contributed by atoms with Crippen LogP contribution in [0.3, 0.4) is 0 Å². The monoisotopic (exact) mass is 285 g/mol. The van der Waals surface area contributed by atoms with Crippen LogP contribution in [-0.2, 0) is 6.54 Å². The van der Waals surface area contributed by atoms with Crippen molar-refractivity contribution >= 4 is 15.9 Å². The lowest BCUT2D eigenvalue weighted by Gasteiger charge is -2.16. The Morgan fingerprint density at radius 3 is 2.75 bits per heavy atom. The van der Waals surface area contributed by atoms with Crippen molar-refractivity contribution in [1.29, 1.82) is 0 Å². The van der Waals surface area contributed by atoms with Crippen LogP contribution in [0.4, 0.5) is 0 Å². The highest BCUT2D eigenvalue weighted by molar-refractivity contribution is 9.10. The molecule has 1 rings (SSSR count). The zero-order chi connectivity index (χ0) is 12.0. The van der Waals surface area contributed by atoms with Crippen LogP contribution < -0.4 is 10.1 Å². The number of hydrogen-bond donors (Lipinski definition) is 1. The fourth-order valence-electron chi connectivity index (χ4n) is 1.46. The van der Waals surface area contributed by atoms with Gasteiger partial charge in [-0.25, -0.2) is 0 Å². The van der Waals surface area contributed by atoms with E-state index in [0.29, 0.717) is 0 Å². The van der Waals surface area contributed by atoms with Gasteiger partial charge in [-0.1, -0.05) is 19.1 Å².